The Balaban J connectivity index is 1.22. The fraction of sp³-hybridized carbons (Fsp3) is 0.429. The summed E-state index contributed by atoms with van der Waals surface area (Å²) in [6.07, 6.45) is 2.68. The van der Waals surface area contributed by atoms with Gasteiger partial charge < -0.3 is 10.1 Å². The van der Waals surface area contributed by atoms with Crippen molar-refractivity contribution in [3.05, 3.63) is 77.6 Å². The molecule has 1 aliphatic heterocycles. The van der Waals surface area contributed by atoms with Crippen molar-refractivity contribution < 1.29 is 18.3 Å². The molecular formula is C28H34F2N4O2. The van der Waals surface area contributed by atoms with Crippen molar-refractivity contribution in [2.24, 2.45) is 11.8 Å². The van der Waals surface area contributed by atoms with E-state index >= 15 is 0 Å². The number of likely N-dealkylation sites (tertiary alicyclic amines) is 1. The number of ether oxygens (including phenoxy) is 1. The molecule has 1 fully saturated rings. The maximum absolute atomic E-state index is 13.3. The van der Waals surface area contributed by atoms with E-state index < -0.39 is 11.6 Å². The Morgan fingerprint density at radius 1 is 1.08 bits per heavy atom. The lowest BCUT2D eigenvalue weighted by molar-refractivity contribution is -0.122. The van der Waals surface area contributed by atoms with Crippen LogP contribution < -0.4 is 10.1 Å². The van der Waals surface area contributed by atoms with E-state index in [1.54, 1.807) is 0 Å². The van der Waals surface area contributed by atoms with Crippen molar-refractivity contribution in [1.82, 2.24) is 20.0 Å². The highest BCUT2D eigenvalue weighted by Crippen LogP contribution is 2.21. The zero-order valence-corrected chi connectivity index (χ0v) is 20.9. The predicted molar refractivity (Wildman–Crippen MR) is 135 cm³/mol. The Bertz CT molecular complexity index is 1140. The van der Waals surface area contributed by atoms with Crippen molar-refractivity contribution in [2.75, 3.05) is 26.2 Å². The second-order valence-corrected chi connectivity index (χ2v) is 9.86. The average molecular weight is 497 g/mol. The van der Waals surface area contributed by atoms with Gasteiger partial charge in [-0.3, -0.25) is 9.69 Å². The lowest BCUT2D eigenvalue weighted by Crippen LogP contribution is -2.42. The van der Waals surface area contributed by atoms with E-state index in [2.05, 4.69) is 30.1 Å². The number of aromatic nitrogens is 2. The Labute approximate surface area is 211 Å². The van der Waals surface area contributed by atoms with Crippen LogP contribution in [0.3, 0.4) is 0 Å². The minimum Gasteiger partial charge on any atom is -0.493 e. The SMILES string of the molecule is CC(C)Cc1cc(CNC(=O)CN2CCC(COc3ccc(F)c(F)c3)CC2)nn1-c1ccccc1. The van der Waals surface area contributed by atoms with Gasteiger partial charge in [-0.1, -0.05) is 32.0 Å². The molecule has 1 aliphatic rings. The molecular weight excluding hydrogens is 462 g/mol. The van der Waals surface area contributed by atoms with Crippen LogP contribution in [-0.4, -0.2) is 46.8 Å². The van der Waals surface area contributed by atoms with E-state index in [0.717, 1.165) is 61.6 Å². The molecule has 6 nitrogen and oxygen atoms in total. The molecule has 0 bridgehead atoms. The summed E-state index contributed by atoms with van der Waals surface area (Å²) in [4.78, 5) is 14.7. The molecule has 0 saturated carbocycles. The molecule has 0 atom stereocenters. The fourth-order valence-electron chi connectivity index (χ4n) is 4.46. The van der Waals surface area contributed by atoms with Gasteiger partial charge in [-0.2, -0.15) is 5.10 Å². The zero-order chi connectivity index (χ0) is 25.5. The third kappa shape index (κ3) is 7.13. The third-order valence-corrected chi connectivity index (χ3v) is 6.37. The van der Waals surface area contributed by atoms with E-state index in [1.807, 2.05) is 35.0 Å². The molecule has 1 amide bonds. The molecule has 36 heavy (non-hydrogen) atoms. The van der Waals surface area contributed by atoms with Crippen LogP contribution in [0.2, 0.25) is 0 Å². The van der Waals surface area contributed by atoms with Crippen LogP contribution in [0.1, 0.15) is 38.1 Å². The van der Waals surface area contributed by atoms with E-state index in [9.17, 15) is 13.6 Å². The number of hydrogen-bond acceptors (Lipinski definition) is 4. The number of rotatable bonds is 10. The number of carbonyl (C=O) groups excluding carboxylic acids is 1. The maximum Gasteiger partial charge on any atom is 0.234 e. The van der Waals surface area contributed by atoms with Crippen molar-refractivity contribution in [3.8, 4) is 11.4 Å². The summed E-state index contributed by atoms with van der Waals surface area (Å²) in [5, 5.41) is 7.76. The summed E-state index contributed by atoms with van der Waals surface area (Å²) in [6.45, 7) is 7.13. The number of nitrogens with one attached hydrogen (secondary N) is 1. The van der Waals surface area contributed by atoms with Crippen molar-refractivity contribution in [3.63, 3.8) is 0 Å². The summed E-state index contributed by atoms with van der Waals surface area (Å²) in [5.74, 6) is -0.658. The van der Waals surface area contributed by atoms with Crippen LogP contribution in [-0.2, 0) is 17.8 Å². The van der Waals surface area contributed by atoms with Gasteiger partial charge in [0.1, 0.15) is 5.75 Å². The van der Waals surface area contributed by atoms with Gasteiger partial charge in [0.25, 0.3) is 0 Å². The summed E-state index contributed by atoms with van der Waals surface area (Å²) >= 11 is 0. The molecule has 0 aliphatic carbocycles. The number of para-hydroxylation sites is 1. The molecule has 0 spiro atoms. The van der Waals surface area contributed by atoms with E-state index in [0.29, 0.717) is 37.3 Å². The van der Waals surface area contributed by atoms with Crippen molar-refractivity contribution in [1.29, 1.82) is 0 Å². The predicted octanol–water partition coefficient (Wildman–Crippen LogP) is 4.76. The molecule has 1 aromatic heterocycles. The standard InChI is InChI=1S/C28H34F2N4O2/c1-20(2)14-24-15-22(32-34(24)23-6-4-3-5-7-23)17-31-28(35)18-33-12-10-21(11-13-33)19-36-25-8-9-26(29)27(30)16-25/h3-9,15-16,20-21H,10-14,17-19H2,1-2H3,(H,31,35). The zero-order valence-electron chi connectivity index (χ0n) is 20.9. The van der Waals surface area contributed by atoms with Gasteiger partial charge in [0, 0.05) is 11.8 Å². The van der Waals surface area contributed by atoms with Crippen LogP contribution in [0.15, 0.2) is 54.6 Å². The molecule has 192 valence electrons. The number of hydrogen-bond donors (Lipinski definition) is 1. The Morgan fingerprint density at radius 2 is 1.83 bits per heavy atom. The number of nitrogens with zero attached hydrogens (tertiary/aromatic N) is 3. The first kappa shape index (κ1) is 25.8. The fourth-order valence-corrected chi connectivity index (χ4v) is 4.46. The first-order valence-electron chi connectivity index (χ1n) is 12.6. The minimum atomic E-state index is -0.906. The largest absolute Gasteiger partial charge is 0.493 e. The van der Waals surface area contributed by atoms with Crippen LogP contribution in [0.5, 0.6) is 5.75 Å². The lowest BCUT2D eigenvalue weighted by atomic mass is 9.98. The van der Waals surface area contributed by atoms with Gasteiger partial charge in [0.05, 0.1) is 31.1 Å². The Morgan fingerprint density at radius 3 is 2.53 bits per heavy atom. The second-order valence-electron chi connectivity index (χ2n) is 9.86. The summed E-state index contributed by atoms with van der Waals surface area (Å²) in [7, 11) is 0. The lowest BCUT2D eigenvalue weighted by Gasteiger charge is -2.31. The van der Waals surface area contributed by atoms with Crippen molar-refractivity contribution >= 4 is 5.91 Å². The quantitative estimate of drug-likeness (QED) is 0.440. The smallest absolute Gasteiger partial charge is 0.234 e. The third-order valence-electron chi connectivity index (χ3n) is 6.37. The summed E-state index contributed by atoms with van der Waals surface area (Å²) in [5.41, 5.74) is 2.99. The van der Waals surface area contributed by atoms with Gasteiger partial charge in [-0.25, -0.2) is 13.5 Å². The molecule has 3 aromatic rings. The molecule has 4 rings (SSSR count). The number of benzene rings is 2. The maximum atomic E-state index is 13.3. The molecule has 0 unspecified atom stereocenters. The number of amides is 1. The normalized spacial score (nSPS) is 14.8. The van der Waals surface area contributed by atoms with Gasteiger partial charge in [-0.05, 0) is 74.5 Å². The summed E-state index contributed by atoms with van der Waals surface area (Å²) < 4.78 is 34.0. The summed E-state index contributed by atoms with van der Waals surface area (Å²) in [6, 6.07) is 15.7. The van der Waals surface area contributed by atoms with Gasteiger partial charge >= 0.3 is 0 Å². The number of piperidine rings is 1. The topological polar surface area (TPSA) is 59.4 Å². The van der Waals surface area contributed by atoms with E-state index in [1.165, 1.54) is 6.07 Å². The second kappa shape index (κ2) is 12.1. The molecule has 1 saturated heterocycles. The van der Waals surface area contributed by atoms with Gasteiger partial charge in [-0.15, -0.1) is 0 Å². The molecule has 1 N–H and O–H groups in total. The molecule has 0 radical (unpaired) electrons. The van der Waals surface area contributed by atoms with E-state index in [4.69, 9.17) is 9.84 Å². The first-order valence-corrected chi connectivity index (χ1v) is 12.6. The molecule has 8 heteroatoms. The first-order chi connectivity index (χ1) is 17.4. The number of carbonyl (C=O) groups is 1. The highest BCUT2D eigenvalue weighted by Gasteiger charge is 2.22. The van der Waals surface area contributed by atoms with Crippen LogP contribution in [0, 0.1) is 23.5 Å². The van der Waals surface area contributed by atoms with Crippen molar-refractivity contribution in [2.45, 2.75) is 39.7 Å². The monoisotopic (exact) mass is 496 g/mol. The highest BCUT2D eigenvalue weighted by molar-refractivity contribution is 5.78. The molecule has 2 aromatic carbocycles. The average Bonchev–Trinajstić information content (AvgIpc) is 3.27. The van der Waals surface area contributed by atoms with Crippen LogP contribution in [0.4, 0.5) is 8.78 Å². The minimum absolute atomic E-state index is 0.0221. The van der Waals surface area contributed by atoms with Crippen LogP contribution in [0.25, 0.3) is 5.69 Å². The highest BCUT2D eigenvalue weighted by atomic mass is 19.2. The van der Waals surface area contributed by atoms with E-state index in [-0.39, 0.29) is 5.91 Å². The van der Waals surface area contributed by atoms with Gasteiger partial charge in [0.2, 0.25) is 5.91 Å². The van der Waals surface area contributed by atoms with Gasteiger partial charge in [0.15, 0.2) is 11.6 Å². The van der Waals surface area contributed by atoms with Crippen LogP contribution >= 0.6 is 0 Å². The Hall–Kier alpha value is -3.26. The Kier molecular flexibility index (Phi) is 8.70. The molecule has 2 heterocycles. The number of halogens is 2.